The summed E-state index contributed by atoms with van der Waals surface area (Å²) in [6.45, 7) is 6.47. The molecule has 28 heavy (non-hydrogen) atoms. The van der Waals surface area contributed by atoms with Crippen LogP contribution in [0.4, 0.5) is 11.5 Å². The summed E-state index contributed by atoms with van der Waals surface area (Å²) in [6, 6.07) is 5.46. The number of ether oxygens (including phenoxy) is 1. The fraction of sp³-hybridized carbons (Fsp3) is 0.450. The third-order valence-electron chi connectivity index (χ3n) is 4.60. The molecule has 0 aliphatic rings. The molecule has 0 unspecified atom stereocenters. The van der Waals surface area contributed by atoms with Gasteiger partial charge in [0.15, 0.2) is 5.69 Å². The van der Waals surface area contributed by atoms with Crippen LogP contribution >= 0.6 is 0 Å². The number of methoxy groups -OCH3 is 1. The summed E-state index contributed by atoms with van der Waals surface area (Å²) in [6.07, 6.45) is 1.58. The zero-order chi connectivity index (χ0) is 20.8. The van der Waals surface area contributed by atoms with Gasteiger partial charge in [0.05, 0.1) is 6.61 Å². The predicted molar refractivity (Wildman–Crippen MR) is 110 cm³/mol. The van der Waals surface area contributed by atoms with Crippen LogP contribution in [-0.4, -0.2) is 35.7 Å². The Labute approximate surface area is 163 Å². The first-order valence-corrected chi connectivity index (χ1v) is 9.32. The van der Waals surface area contributed by atoms with E-state index in [1.165, 1.54) is 16.6 Å². The van der Waals surface area contributed by atoms with Gasteiger partial charge in [0, 0.05) is 25.8 Å². The second-order valence-corrected chi connectivity index (χ2v) is 6.77. The molecule has 1 aromatic heterocycles. The smallest absolute Gasteiger partial charge is 0.330 e. The normalized spacial score (nSPS) is 10.9. The lowest BCUT2D eigenvalue weighted by molar-refractivity contribution is 0.0975. The molecule has 8 nitrogen and oxygen atoms in total. The van der Waals surface area contributed by atoms with E-state index in [-0.39, 0.29) is 30.6 Å². The van der Waals surface area contributed by atoms with Gasteiger partial charge in [0.25, 0.3) is 11.5 Å². The van der Waals surface area contributed by atoms with Crippen molar-refractivity contribution in [2.75, 3.05) is 30.9 Å². The molecular weight excluding hydrogens is 360 g/mol. The lowest BCUT2D eigenvalue weighted by Crippen LogP contribution is -2.42. The van der Waals surface area contributed by atoms with E-state index in [0.717, 1.165) is 24.0 Å². The number of H-pyrrole nitrogens is 1. The first-order valence-electron chi connectivity index (χ1n) is 9.32. The number of hydrogen-bond donors (Lipinski definition) is 2. The van der Waals surface area contributed by atoms with E-state index < -0.39 is 11.2 Å². The summed E-state index contributed by atoms with van der Waals surface area (Å²) in [5, 5.41) is 0. The van der Waals surface area contributed by atoms with Gasteiger partial charge in [0.2, 0.25) is 0 Å². The molecule has 0 saturated carbocycles. The highest BCUT2D eigenvalue weighted by molar-refractivity contribution is 6.08. The van der Waals surface area contributed by atoms with E-state index in [2.05, 4.69) is 4.98 Å². The Morgan fingerprint density at radius 1 is 1.29 bits per heavy atom. The number of aryl methyl sites for hydroxylation is 2. The minimum Gasteiger partial charge on any atom is -0.383 e. The van der Waals surface area contributed by atoms with Crippen LogP contribution in [0.25, 0.3) is 0 Å². The monoisotopic (exact) mass is 388 g/mol. The number of aromatic nitrogens is 2. The number of aromatic amines is 1. The number of rotatable bonds is 8. The summed E-state index contributed by atoms with van der Waals surface area (Å²) < 4.78 is 6.41. The number of nitrogens with two attached hydrogens (primary N) is 1. The topological polar surface area (TPSA) is 110 Å². The highest BCUT2D eigenvalue weighted by atomic mass is 16.5. The van der Waals surface area contributed by atoms with E-state index >= 15 is 0 Å². The number of benzene rings is 1. The molecule has 1 amide bonds. The second-order valence-electron chi connectivity index (χ2n) is 6.77. The molecule has 0 radical (unpaired) electrons. The average Bonchev–Trinajstić information content (AvgIpc) is 2.63. The van der Waals surface area contributed by atoms with Crippen molar-refractivity contribution in [1.29, 1.82) is 0 Å². The Balaban J connectivity index is 2.61. The van der Waals surface area contributed by atoms with E-state index in [1.54, 1.807) is 6.07 Å². The van der Waals surface area contributed by atoms with Crippen LogP contribution < -0.4 is 21.9 Å². The van der Waals surface area contributed by atoms with Crippen molar-refractivity contribution in [3.63, 3.8) is 0 Å². The summed E-state index contributed by atoms with van der Waals surface area (Å²) in [5.41, 5.74) is 7.17. The third-order valence-corrected chi connectivity index (χ3v) is 4.60. The fourth-order valence-electron chi connectivity index (χ4n) is 3.07. The molecule has 152 valence electrons. The van der Waals surface area contributed by atoms with Crippen LogP contribution in [0.2, 0.25) is 0 Å². The van der Waals surface area contributed by atoms with Gasteiger partial charge in [-0.25, -0.2) is 4.79 Å². The van der Waals surface area contributed by atoms with Crippen LogP contribution in [0, 0.1) is 13.8 Å². The van der Waals surface area contributed by atoms with Crippen LogP contribution in [-0.2, 0) is 11.3 Å². The van der Waals surface area contributed by atoms with E-state index in [1.807, 2.05) is 32.9 Å². The maximum Gasteiger partial charge on any atom is 0.330 e. The molecule has 0 atom stereocenters. The van der Waals surface area contributed by atoms with Crippen LogP contribution in [0.5, 0.6) is 0 Å². The maximum absolute atomic E-state index is 13.3. The lowest BCUT2D eigenvalue weighted by atomic mass is 10.0. The average molecular weight is 388 g/mol. The molecule has 0 fully saturated rings. The highest BCUT2D eigenvalue weighted by Crippen LogP contribution is 2.21. The van der Waals surface area contributed by atoms with Crippen LogP contribution in [0.3, 0.4) is 0 Å². The number of nitrogens with one attached hydrogen (secondary N) is 1. The van der Waals surface area contributed by atoms with Gasteiger partial charge in [-0.15, -0.1) is 0 Å². The molecule has 0 aliphatic carbocycles. The molecule has 2 rings (SSSR count). The summed E-state index contributed by atoms with van der Waals surface area (Å²) in [4.78, 5) is 41.6. The van der Waals surface area contributed by atoms with Crippen LogP contribution in [0.15, 0.2) is 27.8 Å². The maximum atomic E-state index is 13.3. The molecule has 0 spiro atoms. The van der Waals surface area contributed by atoms with E-state index in [0.29, 0.717) is 12.1 Å². The standard InChI is InChI=1S/C20H28N4O4/c1-5-6-9-24-17(21)16(18(25)22-20(24)27)23(10-11-28-4)19(26)15-8-7-13(2)12-14(15)3/h7-8,12H,5-6,9-11,21H2,1-4H3,(H,22,25,27). The van der Waals surface area contributed by atoms with Crippen molar-refractivity contribution in [1.82, 2.24) is 9.55 Å². The Kier molecular flexibility index (Phi) is 7.17. The molecular formula is C20H28N4O4. The molecule has 0 aliphatic heterocycles. The first kappa shape index (κ1) is 21.4. The Hall–Kier alpha value is -2.87. The van der Waals surface area contributed by atoms with Gasteiger partial charge in [0.1, 0.15) is 5.82 Å². The van der Waals surface area contributed by atoms with Gasteiger partial charge in [-0.1, -0.05) is 31.0 Å². The summed E-state index contributed by atoms with van der Waals surface area (Å²) in [7, 11) is 1.51. The first-order chi connectivity index (χ1) is 13.3. The van der Waals surface area contributed by atoms with Gasteiger partial charge in [-0.2, -0.15) is 0 Å². The fourth-order valence-corrected chi connectivity index (χ4v) is 3.07. The van der Waals surface area contributed by atoms with Gasteiger partial charge in [-0.05, 0) is 31.9 Å². The third kappa shape index (κ3) is 4.51. The molecule has 2 aromatic rings. The minimum absolute atomic E-state index is 0.0172. The van der Waals surface area contributed by atoms with Gasteiger partial charge >= 0.3 is 5.69 Å². The number of carbonyl (C=O) groups is 1. The molecule has 0 saturated heterocycles. The van der Waals surface area contributed by atoms with Crippen molar-refractivity contribution < 1.29 is 9.53 Å². The molecule has 1 heterocycles. The SMILES string of the molecule is CCCCn1c(N)c(N(CCOC)C(=O)c2ccc(C)cc2C)c(=O)[nH]c1=O. The number of carbonyl (C=O) groups excluding carboxylic acids is 1. The molecule has 3 N–H and O–H groups in total. The van der Waals surface area contributed by atoms with Gasteiger partial charge in [-0.3, -0.25) is 24.0 Å². The zero-order valence-corrected chi connectivity index (χ0v) is 16.9. The van der Waals surface area contributed by atoms with Crippen molar-refractivity contribution in [2.24, 2.45) is 0 Å². The predicted octanol–water partition coefficient (Wildman–Crippen LogP) is 1.83. The number of amides is 1. The zero-order valence-electron chi connectivity index (χ0n) is 16.9. The Morgan fingerprint density at radius 3 is 2.61 bits per heavy atom. The molecule has 0 bridgehead atoms. The van der Waals surface area contributed by atoms with E-state index in [4.69, 9.17) is 10.5 Å². The summed E-state index contributed by atoms with van der Waals surface area (Å²) >= 11 is 0. The molecule has 1 aromatic carbocycles. The Morgan fingerprint density at radius 2 is 2.00 bits per heavy atom. The largest absolute Gasteiger partial charge is 0.383 e. The number of unbranched alkanes of at least 4 members (excludes halogenated alkanes) is 1. The van der Waals surface area contributed by atoms with Crippen molar-refractivity contribution in [2.45, 2.75) is 40.2 Å². The van der Waals surface area contributed by atoms with E-state index in [9.17, 15) is 14.4 Å². The lowest BCUT2D eigenvalue weighted by Gasteiger charge is -2.25. The quantitative estimate of drug-likeness (QED) is 0.717. The number of anilines is 2. The van der Waals surface area contributed by atoms with Crippen molar-refractivity contribution in [3.05, 3.63) is 55.7 Å². The number of hydrogen-bond acceptors (Lipinski definition) is 5. The van der Waals surface area contributed by atoms with Crippen LogP contribution in [0.1, 0.15) is 41.3 Å². The number of nitrogens with zero attached hydrogens (tertiary/aromatic N) is 2. The van der Waals surface area contributed by atoms with Crippen molar-refractivity contribution >= 4 is 17.4 Å². The second kappa shape index (κ2) is 9.36. The Bertz CT molecular complexity index is 962. The van der Waals surface area contributed by atoms with Gasteiger partial charge < -0.3 is 10.5 Å². The highest BCUT2D eigenvalue weighted by Gasteiger charge is 2.26. The number of nitrogen functional groups attached to an aromatic ring is 1. The molecule has 8 heteroatoms. The minimum atomic E-state index is -0.690. The summed E-state index contributed by atoms with van der Waals surface area (Å²) in [5.74, 6) is -0.385. The van der Waals surface area contributed by atoms with Crippen molar-refractivity contribution in [3.8, 4) is 0 Å².